The Morgan fingerprint density at radius 2 is 1.64 bits per heavy atom. The fraction of sp³-hybridized carbons (Fsp3) is 0.300. The molecule has 0 amide bonds. The van der Waals surface area contributed by atoms with Crippen molar-refractivity contribution in [1.29, 1.82) is 0 Å². The van der Waals surface area contributed by atoms with Crippen LogP contribution in [0.1, 0.15) is 16.7 Å². The molecule has 1 rings (SSSR count). The standard InChI is InChI=1S/C9H11.CH3.Mg/c1-7-4-5-8(2)9(3)6-7;;/h4-5H,1-3H3;1H3;/q2*-1;+2. The molecule has 0 saturated carbocycles. The molecule has 0 heterocycles. The molecule has 0 N–H and O–H groups in total. The Hall–Kier alpha value is -0.0138. The van der Waals surface area contributed by atoms with Gasteiger partial charge in [-0.15, -0.1) is 0 Å². The normalized spacial score (nSPS) is 7.91. The van der Waals surface area contributed by atoms with Gasteiger partial charge in [-0.1, -0.05) is 20.8 Å². The third kappa shape index (κ3) is 3.78. The van der Waals surface area contributed by atoms with E-state index in [4.69, 9.17) is 0 Å². The Balaban J connectivity index is 0. The predicted octanol–water partition coefficient (Wildman–Crippen LogP) is 2.48. The van der Waals surface area contributed by atoms with Crippen molar-refractivity contribution in [3.05, 3.63) is 42.3 Å². The van der Waals surface area contributed by atoms with Crippen LogP contribution in [0.25, 0.3) is 0 Å². The fourth-order valence-electron chi connectivity index (χ4n) is 0.811. The Bertz CT molecular complexity index is 216. The van der Waals surface area contributed by atoms with Crippen molar-refractivity contribution < 1.29 is 0 Å². The summed E-state index contributed by atoms with van der Waals surface area (Å²) >= 11 is 0. The van der Waals surface area contributed by atoms with E-state index >= 15 is 0 Å². The molecule has 0 aliphatic rings. The van der Waals surface area contributed by atoms with Crippen molar-refractivity contribution in [2.24, 2.45) is 0 Å². The van der Waals surface area contributed by atoms with Crippen LogP contribution < -0.4 is 0 Å². The van der Waals surface area contributed by atoms with Crippen LogP contribution in [-0.4, -0.2) is 23.1 Å². The molecule has 0 atom stereocenters. The second kappa shape index (κ2) is 5.61. The molecule has 56 valence electrons. The molecule has 0 radical (unpaired) electrons. The molecule has 1 aromatic carbocycles. The van der Waals surface area contributed by atoms with Gasteiger partial charge in [-0.05, 0) is 0 Å². The van der Waals surface area contributed by atoms with Crippen LogP contribution in [0.3, 0.4) is 0 Å². The second-order valence-corrected chi connectivity index (χ2v) is 2.45. The van der Waals surface area contributed by atoms with E-state index in [-0.39, 0.29) is 30.5 Å². The summed E-state index contributed by atoms with van der Waals surface area (Å²) < 4.78 is 0. The van der Waals surface area contributed by atoms with E-state index in [0.29, 0.717) is 0 Å². The van der Waals surface area contributed by atoms with Crippen molar-refractivity contribution in [2.45, 2.75) is 20.8 Å². The van der Waals surface area contributed by atoms with Crippen LogP contribution in [0, 0.1) is 34.3 Å². The van der Waals surface area contributed by atoms with Gasteiger partial charge in [-0.25, -0.2) is 0 Å². The summed E-state index contributed by atoms with van der Waals surface area (Å²) in [5, 5.41) is 0. The fourth-order valence-corrected chi connectivity index (χ4v) is 0.811. The van der Waals surface area contributed by atoms with Crippen LogP contribution in [0.4, 0.5) is 0 Å². The zero-order valence-electron chi connectivity index (χ0n) is 7.86. The molecule has 0 saturated heterocycles. The molecule has 1 heteroatoms. The Morgan fingerprint density at radius 3 is 2.00 bits per heavy atom. The first kappa shape index (κ1) is 13.6. The number of hydrogen-bond donors (Lipinski definition) is 0. The summed E-state index contributed by atoms with van der Waals surface area (Å²) in [6.07, 6.45) is 0. The minimum Gasteiger partial charge on any atom is -0.358 e. The van der Waals surface area contributed by atoms with Gasteiger partial charge in [0.05, 0.1) is 0 Å². The van der Waals surface area contributed by atoms with Crippen molar-refractivity contribution >= 4 is 23.1 Å². The van der Waals surface area contributed by atoms with Crippen LogP contribution in [0.2, 0.25) is 0 Å². The maximum atomic E-state index is 3.24. The molecule has 0 aromatic heterocycles. The zero-order chi connectivity index (χ0) is 6.85. The summed E-state index contributed by atoms with van der Waals surface area (Å²) in [6.45, 7) is 6.25. The van der Waals surface area contributed by atoms with Crippen molar-refractivity contribution in [1.82, 2.24) is 0 Å². The van der Waals surface area contributed by atoms with E-state index in [1.165, 1.54) is 16.7 Å². The molecule has 1 aromatic rings. The minimum atomic E-state index is 0. The summed E-state index contributed by atoms with van der Waals surface area (Å²) in [7, 11) is 0. The number of rotatable bonds is 0. The van der Waals surface area contributed by atoms with Crippen LogP contribution in [-0.2, 0) is 0 Å². The van der Waals surface area contributed by atoms with E-state index in [9.17, 15) is 0 Å². The van der Waals surface area contributed by atoms with Gasteiger partial charge in [0.2, 0.25) is 0 Å². The average molecular weight is 159 g/mol. The zero-order valence-corrected chi connectivity index (χ0v) is 9.28. The predicted molar refractivity (Wildman–Crippen MR) is 51.7 cm³/mol. The molecule has 0 aliphatic carbocycles. The molecule has 0 fully saturated rings. The van der Waals surface area contributed by atoms with Crippen LogP contribution >= 0.6 is 0 Å². The van der Waals surface area contributed by atoms with E-state index in [1.807, 2.05) is 0 Å². The van der Waals surface area contributed by atoms with Crippen molar-refractivity contribution in [2.75, 3.05) is 0 Å². The molecule has 0 aliphatic heterocycles. The molecule has 0 bridgehead atoms. The quantitative estimate of drug-likeness (QED) is 0.402. The number of benzene rings is 1. The van der Waals surface area contributed by atoms with Gasteiger partial charge >= 0.3 is 23.1 Å². The van der Waals surface area contributed by atoms with Crippen LogP contribution in [0.5, 0.6) is 0 Å². The molecule has 0 unspecified atom stereocenters. The number of aryl methyl sites for hydroxylation is 3. The largest absolute Gasteiger partial charge is 2.00 e. The van der Waals surface area contributed by atoms with Crippen molar-refractivity contribution in [3.63, 3.8) is 0 Å². The first-order valence-corrected chi connectivity index (χ1v) is 3.16. The van der Waals surface area contributed by atoms with Gasteiger partial charge in [0, 0.05) is 0 Å². The topological polar surface area (TPSA) is 0 Å². The smallest absolute Gasteiger partial charge is 0.358 e. The Kier molecular flexibility index (Phi) is 6.92. The first-order valence-electron chi connectivity index (χ1n) is 3.16. The average Bonchev–Trinajstić information content (AvgIpc) is 1.80. The van der Waals surface area contributed by atoms with Gasteiger partial charge in [0.1, 0.15) is 0 Å². The minimum absolute atomic E-state index is 0. The first-order chi connectivity index (χ1) is 4.20. The molecular weight excluding hydrogens is 144 g/mol. The maximum absolute atomic E-state index is 3.24. The van der Waals surface area contributed by atoms with Gasteiger partial charge < -0.3 is 7.43 Å². The summed E-state index contributed by atoms with van der Waals surface area (Å²) in [6, 6.07) is 7.45. The Morgan fingerprint density at radius 1 is 1.09 bits per heavy atom. The van der Waals surface area contributed by atoms with E-state index in [2.05, 4.69) is 39.0 Å². The molecule has 0 spiro atoms. The van der Waals surface area contributed by atoms with E-state index < -0.39 is 0 Å². The summed E-state index contributed by atoms with van der Waals surface area (Å²) in [5.41, 5.74) is 3.80. The van der Waals surface area contributed by atoms with Gasteiger partial charge in [0.15, 0.2) is 0 Å². The second-order valence-electron chi connectivity index (χ2n) is 2.45. The maximum Gasteiger partial charge on any atom is 2.00 e. The van der Waals surface area contributed by atoms with Gasteiger partial charge in [-0.2, -0.15) is 34.9 Å². The molecule has 11 heavy (non-hydrogen) atoms. The summed E-state index contributed by atoms with van der Waals surface area (Å²) in [4.78, 5) is 0. The third-order valence-electron chi connectivity index (χ3n) is 1.56. The van der Waals surface area contributed by atoms with Gasteiger partial charge in [0.25, 0.3) is 0 Å². The third-order valence-corrected chi connectivity index (χ3v) is 1.56. The number of hydrogen-bond acceptors (Lipinski definition) is 0. The van der Waals surface area contributed by atoms with Gasteiger partial charge in [-0.3, -0.25) is 0 Å². The van der Waals surface area contributed by atoms with E-state index in [0.717, 1.165) is 0 Å². The van der Waals surface area contributed by atoms with Crippen molar-refractivity contribution in [3.8, 4) is 0 Å². The summed E-state index contributed by atoms with van der Waals surface area (Å²) in [5.74, 6) is 0. The molecule has 0 nitrogen and oxygen atoms in total. The molecular formula is C10H14Mg. The van der Waals surface area contributed by atoms with E-state index in [1.54, 1.807) is 0 Å². The SMILES string of the molecule is Cc1[c-]c(C)c(C)cc1.[CH3-].[Mg+2]. The Labute approximate surface area is 86.2 Å². The monoisotopic (exact) mass is 158 g/mol. The van der Waals surface area contributed by atoms with Crippen LogP contribution in [0.15, 0.2) is 12.1 Å².